The summed E-state index contributed by atoms with van der Waals surface area (Å²) in [5.41, 5.74) is 0.562. The van der Waals surface area contributed by atoms with Crippen molar-refractivity contribution in [1.29, 1.82) is 0 Å². The summed E-state index contributed by atoms with van der Waals surface area (Å²) >= 11 is 12.0. The lowest BCUT2D eigenvalue weighted by molar-refractivity contribution is 0.444. The van der Waals surface area contributed by atoms with Gasteiger partial charge in [-0.1, -0.05) is 23.2 Å². The number of hydrogen-bond donors (Lipinski definition) is 1. The molecule has 102 valence electrons. The summed E-state index contributed by atoms with van der Waals surface area (Å²) in [4.78, 5) is 0. The number of nitrogens with one attached hydrogen (secondary N) is 1. The molecule has 2 aromatic rings. The molecule has 19 heavy (non-hydrogen) atoms. The van der Waals surface area contributed by atoms with Gasteiger partial charge in [-0.25, -0.2) is 4.39 Å². The zero-order valence-corrected chi connectivity index (χ0v) is 12.1. The fourth-order valence-electron chi connectivity index (χ4n) is 1.88. The Morgan fingerprint density at radius 1 is 1.26 bits per heavy atom. The van der Waals surface area contributed by atoms with Crippen LogP contribution in [-0.2, 0) is 6.54 Å². The first-order valence-corrected chi connectivity index (χ1v) is 6.66. The Morgan fingerprint density at radius 2 is 2.00 bits per heavy atom. The second kappa shape index (κ2) is 5.95. The second-order valence-corrected chi connectivity index (χ2v) is 5.16. The molecule has 1 heterocycles. The van der Waals surface area contributed by atoms with Crippen molar-refractivity contribution in [3.05, 3.63) is 57.2 Å². The SMILES string of the molecule is Cc1ccc(CNC(C)c2c(Cl)ccc(F)c2Cl)o1. The highest BCUT2D eigenvalue weighted by atomic mass is 35.5. The number of rotatable bonds is 4. The van der Waals surface area contributed by atoms with E-state index in [1.807, 2.05) is 26.0 Å². The minimum absolute atomic E-state index is 0.0584. The zero-order valence-electron chi connectivity index (χ0n) is 10.6. The topological polar surface area (TPSA) is 25.2 Å². The van der Waals surface area contributed by atoms with Crippen LogP contribution >= 0.6 is 23.2 Å². The Bertz CT molecular complexity index is 583. The molecule has 0 fully saturated rings. The molecule has 1 unspecified atom stereocenters. The smallest absolute Gasteiger partial charge is 0.142 e. The van der Waals surface area contributed by atoms with E-state index in [1.165, 1.54) is 12.1 Å². The van der Waals surface area contributed by atoms with Crippen molar-refractivity contribution in [2.45, 2.75) is 26.4 Å². The molecule has 1 aromatic heterocycles. The van der Waals surface area contributed by atoms with Gasteiger partial charge in [0.05, 0.1) is 11.6 Å². The molecular formula is C14H14Cl2FNO. The van der Waals surface area contributed by atoms with Gasteiger partial charge in [0, 0.05) is 16.6 Å². The van der Waals surface area contributed by atoms with Gasteiger partial charge in [-0.05, 0) is 38.1 Å². The Morgan fingerprint density at radius 3 is 2.63 bits per heavy atom. The molecule has 2 nitrogen and oxygen atoms in total. The van der Waals surface area contributed by atoms with E-state index in [9.17, 15) is 4.39 Å². The van der Waals surface area contributed by atoms with Gasteiger partial charge in [-0.3, -0.25) is 0 Å². The largest absolute Gasteiger partial charge is 0.465 e. The summed E-state index contributed by atoms with van der Waals surface area (Å²) in [5.74, 6) is 1.20. The average Bonchev–Trinajstić information content (AvgIpc) is 2.78. The molecule has 0 saturated carbocycles. The van der Waals surface area contributed by atoms with Crippen molar-refractivity contribution in [2.75, 3.05) is 0 Å². The lowest BCUT2D eigenvalue weighted by atomic mass is 10.1. The van der Waals surface area contributed by atoms with E-state index >= 15 is 0 Å². The Kier molecular flexibility index (Phi) is 4.50. The van der Waals surface area contributed by atoms with Crippen LogP contribution in [0.1, 0.15) is 30.0 Å². The summed E-state index contributed by atoms with van der Waals surface area (Å²) in [6, 6.07) is 6.37. The molecule has 0 aliphatic rings. The van der Waals surface area contributed by atoms with Gasteiger partial charge in [-0.15, -0.1) is 0 Å². The van der Waals surface area contributed by atoms with Crippen LogP contribution in [0.3, 0.4) is 0 Å². The average molecular weight is 302 g/mol. The zero-order chi connectivity index (χ0) is 14.0. The molecule has 0 amide bonds. The van der Waals surface area contributed by atoms with Crippen LogP contribution in [0.5, 0.6) is 0 Å². The number of hydrogen-bond acceptors (Lipinski definition) is 2. The third kappa shape index (κ3) is 3.30. The first-order chi connectivity index (χ1) is 8.99. The highest BCUT2D eigenvalue weighted by Crippen LogP contribution is 2.32. The number of aryl methyl sites for hydroxylation is 1. The van der Waals surface area contributed by atoms with E-state index in [-0.39, 0.29) is 11.1 Å². The molecule has 1 aromatic carbocycles. The molecule has 0 spiro atoms. The van der Waals surface area contributed by atoms with Crippen LogP contribution < -0.4 is 5.32 Å². The predicted molar refractivity (Wildman–Crippen MR) is 75.1 cm³/mol. The van der Waals surface area contributed by atoms with Crippen LogP contribution in [0.25, 0.3) is 0 Å². The lowest BCUT2D eigenvalue weighted by Crippen LogP contribution is -2.18. The van der Waals surface area contributed by atoms with Gasteiger partial charge in [-0.2, -0.15) is 0 Å². The highest BCUT2D eigenvalue weighted by molar-refractivity contribution is 6.36. The van der Waals surface area contributed by atoms with Crippen molar-refractivity contribution in [2.24, 2.45) is 0 Å². The maximum Gasteiger partial charge on any atom is 0.142 e. The Labute approximate surface area is 121 Å². The van der Waals surface area contributed by atoms with Crippen LogP contribution in [-0.4, -0.2) is 0 Å². The molecule has 0 radical (unpaired) electrons. The summed E-state index contributed by atoms with van der Waals surface area (Å²) < 4.78 is 18.9. The summed E-state index contributed by atoms with van der Waals surface area (Å²) in [6.07, 6.45) is 0. The molecular weight excluding hydrogens is 288 g/mol. The molecule has 0 aliphatic heterocycles. The summed E-state index contributed by atoms with van der Waals surface area (Å²) in [6.45, 7) is 4.29. The second-order valence-electron chi connectivity index (χ2n) is 4.37. The van der Waals surface area contributed by atoms with Gasteiger partial charge in [0.1, 0.15) is 17.3 Å². The predicted octanol–water partition coefficient (Wildman–Crippen LogP) is 4.88. The third-order valence-corrected chi connectivity index (χ3v) is 3.60. The minimum atomic E-state index is -0.469. The van der Waals surface area contributed by atoms with E-state index < -0.39 is 5.82 Å². The molecule has 0 bridgehead atoms. The van der Waals surface area contributed by atoms with Gasteiger partial charge in [0.2, 0.25) is 0 Å². The molecule has 0 aliphatic carbocycles. The standard InChI is InChI=1S/C14H14Cl2FNO/c1-8-3-4-10(19-8)7-18-9(2)13-11(15)5-6-12(17)14(13)16/h3-6,9,18H,7H2,1-2H3. The van der Waals surface area contributed by atoms with E-state index in [0.717, 1.165) is 11.5 Å². The van der Waals surface area contributed by atoms with Crippen molar-refractivity contribution in [1.82, 2.24) is 5.32 Å². The number of halogens is 3. The Hall–Kier alpha value is -1.03. The van der Waals surface area contributed by atoms with Gasteiger partial charge in [0.15, 0.2) is 0 Å². The quantitative estimate of drug-likeness (QED) is 0.814. The van der Waals surface area contributed by atoms with E-state index in [2.05, 4.69) is 5.32 Å². The van der Waals surface area contributed by atoms with Crippen molar-refractivity contribution in [3.8, 4) is 0 Å². The molecule has 0 saturated heterocycles. The van der Waals surface area contributed by atoms with E-state index in [4.69, 9.17) is 27.6 Å². The lowest BCUT2D eigenvalue weighted by Gasteiger charge is -2.16. The number of benzene rings is 1. The fourth-order valence-corrected chi connectivity index (χ4v) is 2.57. The summed E-state index contributed by atoms with van der Waals surface area (Å²) in [5, 5.41) is 3.71. The van der Waals surface area contributed by atoms with Gasteiger partial charge >= 0.3 is 0 Å². The number of furan rings is 1. The molecule has 5 heteroatoms. The minimum Gasteiger partial charge on any atom is -0.465 e. The first-order valence-electron chi connectivity index (χ1n) is 5.91. The van der Waals surface area contributed by atoms with Crippen molar-refractivity contribution < 1.29 is 8.81 Å². The van der Waals surface area contributed by atoms with Crippen LogP contribution in [0.15, 0.2) is 28.7 Å². The third-order valence-electron chi connectivity index (χ3n) is 2.89. The first kappa shape index (κ1) is 14.4. The van der Waals surface area contributed by atoms with Crippen LogP contribution in [0, 0.1) is 12.7 Å². The van der Waals surface area contributed by atoms with Crippen molar-refractivity contribution in [3.63, 3.8) is 0 Å². The maximum atomic E-state index is 13.4. The normalized spacial score (nSPS) is 12.7. The molecule has 2 rings (SSSR count). The Balaban J connectivity index is 2.12. The van der Waals surface area contributed by atoms with E-state index in [1.54, 1.807) is 0 Å². The van der Waals surface area contributed by atoms with E-state index in [0.29, 0.717) is 17.1 Å². The van der Waals surface area contributed by atoms with Crippen LogP contribution in [0.4, 0.5) is 4.39 Å². The molecule has 1 atom stereocenters. The van der Waals surface area contributed by atoms with Gasteiger partial charge in [0.25, 0.3) is 0 Å². The van der Waals surface area contributed by atoms with Crippen LogP contribution in [0.2, 0.25) is 10.0 Å². The monoisotopic (exact) mass is 301 g/mol. The maximum absolute atomic E-state index is 13.4. The van der Waals surface area contributed by atoms with Crippen molar-refractivity contribution >= 4 is 23.2 Å². The van der Waals surface area contributed by atoms with Gasteiger partial charge < -0.3 is 9.73 Å². The fraction of sp³-hybridized carbons (Fsp3) is 0.286. The molecule has 1 N–H and O–H groups in total. The highest BCUT2D eigenvalue weighted by Gasteiger charge is 2.17. The summed E-state index contributed by atoms with van der Waals surface area (Å²) in [7, 11) is 0.